The van der Waals surface area contributed by atoms with Gasteiger partial charge in [-0.3, -0.25) is 4.79 Å². The van der Waals surface area contributed by atoms with Crippen molar-refractivity contribution >= 4 is 33.4 Å². The molecule has 0 aromatic heterocycles. The number of cyclic esters (lactones) is 1. The number of benzene rings is 2. The summed E-state index contributed by atoms with van der Waals surface area (Å²) in [5, 5.41) is 0. The Morgan fingerprint density at radius 1 is 0.900 bits per heavy atom. The normalized spacial score (nSPS) is 15.6. The highest BCUT2D eigenvalue weighted by Gasteiger charge is 2.30. The number of allylic oxidation sites excluding steroid dienone is 1. The molecule has 0 bridgehead atoms. The number of hydrogen-bond acceptors (Lipinski definition) is 3. The lowest BCUT2D eigenvalue weighted by molar-refractivity contribution is 0.0715. The molecule has 0 radical (unpaired) electrons. The molecule has 2 aromatic rings. The SMILES string of the molecule is O=C(C(Br)=C1OC(=O)c2ccccc21)c1ccccc1. The molecule has 1 aliphatic rings. The molecule has 3 rings (SSSR count). The van der Waals surface area contributed by atoms with Crippen LogP contribution in [-0.4, -0.2) is 11.8 Å². The van der Waals surface area contributed by atoms with Crippen LogP contribution in [-0.2, 0) is 4.74 Å². The Kier molecular flexibility index (Phi) is 3.24. The minimum Gasteiger partial charge on any atom is -0.421 e. The number of hydrogen-bond donors (Lipinski definition) is 0. The lowest BCUT2D eigenvalue weighted by Crippen LogP contribution is -2.01. The molecular weight excluding hydrogens is 320 g/mol. The van der Waals surface area contributed by atoms with E-state index < -0.39 is 5.97 Å². The molecule has 98 valence electrons. The number of carbonyl (C=O) groups is 2. The standard InChI is InChI=1S/C16H9BrO3/c17-13(14(18)10-6-2-1-3-7-10)15-11-8-4-5-9-12(11)16(19)20-15/h1-9H. The van der Waals surface area contributed by atoms with E-state index >= 15 is 0 Å². The van der Waals surface area contributed by atoms with Crippen molar-refractivity contribution < 1.29 is 14.3 Å². The summed E-state index contributed by atoms with van der Waals surface area (Å²) in [7, 11) is 0. The highest BCUT2D eigenvalue weighted by atomic mass is 79.9. The zero-order valence-corrected chi connectivity index (χ0v) is 11.9. The van der Waals surface area contributed by atoms with Crippen LogP contribution in [0.1, 0.15) is 26.3 Å². The molecule has 0 atom stereocenters. The van der Waals surface area contributed by atoms with Gasteiger partial charge in [-0.15, -0.1) is 0 Å². The fourth-order valence-corrected chi connectivity index (χ4v) is 2.57. The summed E-state index contributed by atoms with van der Waals surface area (Å²) < 4.78 is 5.46. The van der Waals surface area contributed by atoms with Crippen LogP contribution in [0.25, 0.3) is 5.76 Å². The van der Waals surface area contributed by atoms with Crippen molar-refractivity contribution in [3.63, 3.8) is 0 Å². The number of halogens is 1. The third-order valence-electron chi connectivity index (χ3n) is 3.02. The van der Waals surface area contributed by atoms with E-state index in [1.54, 1.807) is 48.5 Å². The highest BCUT2D eigenvalue weighted by Crippen LogP contribution is 2.35. The number of esters is 1. The van der Waals surface area contributed by atoms with Crippen LogP contribution >= 0.6 is 15.9 Å². The summed E-state index contributed by atoms with van der Waals surface area (Å²) in [6.45, 7) is 0. The van der Waals surface area contributed by atoms with Gasteiger partial charge in [0.2, 0.25) is 5.78 Å². The predicted octanol–water partition coefficient (Wildman–Crippen LogP) is 3.80. The summed E-state index contributed by atoms with van der Waals surface area (Å²) in [6.07, 6.45) is 0. The molecule has 20 heavy (non-hydrogen) atoms. The van der Waals surface area contributed by atoms with E-state index in [0.29, 0.717) is 16.7 Å². The van der Waals surface area contributed by atoms with Crippen molar-refractivity contribution in [3.8, 4) is 0 Å². The molecule has 0 saturated carbocycles. The van der Waals surface area contributed by atoms with Crippen molar-refractivity contribution in [3.05, 3.63) is 75.8 Å². The second-order valence-electron chi connectivity index (χ2n) is 4.27. The molecule has 0 amide bonds. The number of ether oxygens (including phenoxy) is 1. The zero-order chi connectivity index (χ0) is 14.1. The van der Waals surface area contributed by atoms with E-state index in [-0.39, 0.29) is 16.0 Å². The maximum Gasteiger partial charge on any atom is 0.344 e. The average molecular weight is 329 g/mol. The largest absolute Gasteiger partial charge is 0.421 e. The Morgan fingerprint density at radius 2 is 1.50 bits per heavy atom. The first-order valence-corrected chi connectivity index (χ1v) is 6.79. The molecule has 3 nitrogen and oxygen atoms in total. The molecule has 0 aliphatic carbocycles. The minimum atomic E-state index is -0.437. The molecule has 0 saturated heterocycles. The van der Waals surface area contributed by atoms with Crippen molar-refractivity contribution in [2.45, 2.75) is 0 Å². The first-order chi connectivity index (χ1) is 9.68. The van der Waals surface area contributed by atoms with Crippen LogP contribution in [0.2, 0.25) is 0 Å². The second kappa shape index (κ2) is 5.06. The van der Waals surface area contributed by atoms with E-state index in [9.17, 15) is 9.59 Å². The van der Waals surface area contributed by atoms with Gasteiger partial charge in [-0.1, -0.05) is 48.5 Å². The predicted molar refractivity (Wildman–Crippen MR) is 78.5 cm³/mol. The minimum absolute atomic E-state index is 0.217. The van der Waals surface area contributed by atoms with Gasteiger partial charge in [0.15, 0.2) is 5.76 Å². The van der Waals surface area contributed by atoms with Crippen LogP contribution in [0, 0.1) is 0 Å². The Hall–Kier alpha value is -2.20. The fourth-order valence-electron chi connectivity index (χ4n) is 2.04. The van der Waals surface area contributed by atoms with Crippen molar-refractivity contribution in [2.24, 2.45) is 0 Å². The molecule has 0 unspecified atom stereocenters. The zero-order valence-electron chi connectivity index (χ0n) is 10.3. The number of fused-ring (bicyclic) bond motifs is 1. The Labute approximate surface area is 124 Å². The maximum atomic E-state index is 12.4. The van der Waals surface area contributed by atoms with Gasteiger partial charge in [0.1, 0.15) is 4.48 Å². The van der Waals surface area contributed by atoms with Crippen LogP contribution in [0.3, 0.4) is 0 Å². The van der Waals surface area contributed by atoms with E-state index in [0.717, 1.165) is 0 Å². The molecule has 4 heteroatoms. The van der Waals surface area contributed by atoms with E-state index in [2.05, 4.69) is 15.9 Å². The summed E-state index contributed by atoms with van der Waals surface area (Å²) in [5.41, 5.74) is 1.64. The first kappa shape index (κ1) is 12.8. The van der Waals surface area contributed by atoms with Crippen molar-refractivity contribution in [1.29, 1.82) is 0 Å². The van der Waals surface area contributed by atoms with Crippen LogP contribution in [0.5, 0.6) is 0 Å². The maximum absolute atomic E-state index is 12.4. The summed E-state index contributed by atoms with van der Waals surface area (Å²) in [4.78, 5) is 24.1. The summed E-state index contributed by atoms with van der Waals surface area (Å²) in [6, 6.07) is 15.8. The van der Waals surface area contributed by atoms with Crippen LogP contribution < -0.4 is 0 Å². The Balaban J connectivity index is 2.08. The van der Waals surface area contributed by atoms with Gasteiger partial charge in [-0.05, 0) is 22.0 Å². The number of ketones is 1. The molecule has 0 spiro atoms. The molecule has 0 N–H and O–H groups in total. The molecular formula is C16H9BrO3. The van der Waals surface area contributed by atoms with Crippen molar-refractivity contribution in [1.82, 2.24) is 0 Å². The topological polar surface area (TPSA) is 43.4 Å². The van der Waals surface area contributed by atoms with Gasteiger partial charge in [0, 0.05) is 11.1 Å². The molecule has 1 heterocycles. The van der Waals surface area contributed by atoms with Gasteiger partial charge >= 0.3 is 5.97 Å². The van der Waals surface area contributed by atoms with E-state index in [1.165, 1.54) is 0 Å². The highest BCUT2D eigenvalue weighted by molar-refractivity contribution is 9.12. The monoisotopic (exact) mass is 328 g/mol. The molecule has 0 fully saturated rings. The summed E-state index contributed by atoms with van der Waals surface area (Å²) in [5.74, 6) is -0.377. The lowest BCUT2D eigenvalue weighted by atomic mass is 10.1. The fraction of sp³-hybridized carbons (Fsp3) is 0. The molecule has 1 aliphatic heterocycles. The van der Waals surface area contributed by atoms with Gasteiger partial charge in [0.05, 0.1) is 5.56 Å². The van der Waals surface area contributed by atoms with Gasteiger partial charge in [0.25, 0.3) is 0 Å². The number of rotatable bonds is 2. The second-order valence-corrected chi connectivity index (χ2v) is 5.07. The summed E-state index contributed by atoms with van der Waals surface area (Å²) >= 11 is 3.26. The quantitative estimate of drug-likeness (QED) is 0.478. The Morgan fingerprint density at radius 3 is 2.20 bits per heavy atom. The Bertz CT molecular complexity index is 732. The van der Waals surface area contributed by atoms with Gasteiger partial charge in [-0.25, -0.2) is 4.79 Å². The number of carbonyl (C=O) groups excluding carboxylic acids is 2. The van der Waals surface area contributed by atoms with E-state index in [4.69, 9.17) is 4.74 Å². The third-order valence-corrected chi connectivity index (χ3v) is 3.74. The third kappa shape index (κ3) is 2.08. The van der Waals surface area contributed by atoms with Crippen LogP contribution in [0.4, 0.5) is 0 Å². The molecule has 2 aromatic carbocycles. The smallest absolute Gasteiger partial charge is 0.344 e. The van der Waals surface area contributed by atoms with E-state index in [1.807, 2.05) is 6.07 Å². The average Bonchev–Trinajstić information content (AvgIpc) is 2.84. The van der Waals surface area contributed by atoms with Crippen molar-refractivity contribution in [2.75, 3.05) is 0 Å². The van der Waals surface area contributed by atoms with Gasteiger partial charge in [-0.2, -0.15) is 0 Å². The lowest BCUT2D eigenvalue weighted by Gasteiger charge is -2.04. The van der Waals surface area contributed by atoms with Gasteiger partial charge < -0.3 is 4.74 Å². The number of Topliss-reactive ketones (excluding diaryl/α,β-unsaturated/α-hetero) is 1. The van der Waals surface area contributed by atoms with Crippen LogP contribution in [0.15, 0.2) is 59.1 Å². The first-order valence-electron chi connectivity index (χ1n) is 5.99.